The highest BCUT2D eigenvalue weighted by atomic mass is 16.5. The molecule has 0 radical (unpaired) electrons. The zero-order valence-corrected chi connectivity index (χ0v) is 13.6. The van der Waals surface area contributed by atoms with E-state index in [2.05, 4.69) is 0 Å². The highest BCUT2D eigenvalue weighted by Crippen LogP contribution is 2.24. The topological polar surface area (TPSA) is 46.5 Å². The van der Waals surface area contributed by atoms with Gasteiger partial charge in [0, 0.05) is 6.08 Å². The first-order chi connectivity index (χ1) is 12.2. The van der Waals surface area contributed by atoms with Crippen molar-refractivity contribution in [3.63, 3.8) is 0 Å². The summed E-state index contributed by atoms with van der Waals surface area (Å²) < 4.78 is 5.80. The number of aliphatic carboxylic acids is 1. The summed E-state index contributed by atoms with van der Waals surface area (Å²) in [7, 11) is 0. The van der Waals surface area contributed by atoms with Crippen LogP contribution in [0.25, 0.3) is 17.2 Å². The summed E-state index contributed by atoms with van der Waals surface area (Å²) in [5.41, 5.74) is 4.06. The maximum atomic E-state index is 10.6. The van der Waals surface area contributed by atoms with Crippen LogP contribution in [-0.4, -0.2) is 11.1 Å². The molecule has 3 heteroatoms. The molecule has 0 aliphatic heterocycles. The fourth-order valence-electron chi connectivity index (χ4n) is 2.47. The lowest BCUT2D eigenvalue weighted by Crippen LogP contribution is -1.94. The maximum absolute atomic E-state index is 10.6. The number of carboxylic acids is 1. The number of ether oxygens (including phenoxy) is 1. The summed E-state index contributed by atoms with van der Waals surface area (Å²) >= 11 is 0. The van der Waals surface area contributed by atoms with Crippen LogP contribution in [0, 0.1) is 0 Å². The molecular weight excluding hydrogens is 312 g/mol. The Bertz CT molecular complexity index is 865. The fraction of sp³-hybridized carbons (Fsp3) is 0.0455. The molecule has 0 saturated carbocycles. The minimum Gasteiger partial charge on any atom is -0.489 e. The Hall–Kier alpha value is -3.33. The number of rotatable bonds is 6. The Kier molecular flexibility index (Phi) is 5.27. The molecule has 0 aliphatic carbocycles. The van der Waals surface area contributed by atoms with Crippen molar-refractivity contribution < 1.29 is 14.6 Å². The van der Waals surface area contributed by atoms with Crippen molar-refractivity contribution in [1.29, 1.82) is 0 Å². The molecule has 3 nitrogen and oxygen atoms in total. The summed E-state index contributed by atoms with van der Waals surface area (Å²) in [5.74, 6) is -0.139. The Labute approximate surface area is 146 Å². The summed E-state index contributed by atoms with van der Waals surface area (Å²) in [6.45, 7) is 0.537. The van der Waals surface area contributed by atoms with E-state index in [1.165, 1.54) is 0 Å². The molecule has 25 heavy (non-hydrogen) atoms. The van der Waals surface area contributed by atoms with Crippen LogP contribution in [0.3, 0.4) is 0 Å². The van der Waals surface area contributed by atoms with Gasteiger partial charge < -0.3 is 9.84 Å². The van der Waals surface area contributed by atoms with Crippen LogP contribution in [0.5, 0.6) is 5.75 Å². The van der Waals surface area contributed by atoms with Crippen LogP contribution < -0.4 is 4.74 Å². The minimum absolute atomic E-state index is 0.537. The van der Waals surface area contributed by atoms with E-state index in [-0.39, 0.29) is 0 Å². The van der Waals surface area contributed by atoms with E-state index in [0.29, 0.717) is 6.61 Å². The number of hydrogen-bond donors (Lipinski definition) is 1. The summed E-state index contributed by atoms with van der Waals surface area (Å²) in [6.07, 6.45) is 2.73. The highest BCUT2D eigenvalue weighted by Gasteiger charge is 2.01. The van der Waals surface area contributed by atoms with Gasteiger partial charge in [-0.1, -0.05) is 60.7 Å². The number of benzene rings is 3. The summed E-state index contributed by atoms with van der Waals surface area (Å²) in [4.78, 5) is 10.6. The molecule has 0 atom stereocenters. The molecule has 0 bridgehead atoms. The Morgan fingerprint density at radius 2 is 1.64 bits per heavy atom. The Morgan fingerprint density at radius 3 is 2.36 bits per heavy atom. The third kappa shape index (κ3) is 4.82. The minimum atomic E-state index is -0.953. The van der Waals surface area contributed by atoms with Gasteiger partial charge in [0.25, 0.3) is 0 Å². The van der Waals surface area contributed by atoms with Crippen molar-refractivity contribution in [2.45, 2.75) is 6.61 Å². The molecule has 0 unspecified atom stereocenters. The average molecular weight is 330 g/mol. The van der Waals surface area contributed by atoms with E-state index in [0.717, 1.165) is 34.1 Å². The lowest BCUT2D eigenvalue weighted by Gasteiger charge is -2.08. The molecule has 124 valence electrons. The van der Waals surface area contributed by atoms with Crippen LogP contribution in [-0.2, 0) is 11.4 Å². The normalized spacial score (nSPS) is 10.7. The van der Waals surface area contributed by atoms with Gasteiger partial charge in [0.2, 0.25) is 0 Å². The van der Waals surface area contributed by atoms with Gasteiger partial charge in [0.1, 0.15) is 12.4 Å². The van der Waals surface area contributed by atoms with E-state index in [1.807, 2.05) is 78.9 Å². The molecule has 0 amide bonds. The van der Waals surface area contributed by atoms with Gasteiger partial charge in [0.15, 0.2) is 0 Å². The smallest absolute Gasteiger partial charge is 0.328 e. The first kappa shape index (κ1) is 16.5. The largest absolute Gasteiger partial charge is 0.489 e. The summed E-state index contributed by atoms with van der Waals surface area (Å²) in [5, 5.41) is 8.72. The van der Waals surface area contributed by atoms with Gasteiger partial charge in [-0.15, -0.1) is 0 Å². The number of carbonyl (C=O) groups is 1. The SMILES string of the molecule is O=C(O)/C=C/c1cccc(-c2ccc(OCc3ccccc3)cc2)c1. The molecule has 3 aromatic rings. The predicted molar refractivity (Wildman–Crippen MR) is 99.3 cm³/mol. The fourth-order valence-corrected chi connectivity index (χ4v) is 2.47. The highest BCUT2D eigenvalue weighted by molar-refractivity contribution is 5.85. The molecule has 0 saturated heterocycles. The van der Waals surface area contributed by atoms with E-state index in [9.17, 15) is 4.79 Å². The van der Waals surface area contributed by atoms with E-state index >= 15 is 0 Å². The van der Waals surface area contributed by atoms with Crippen LogP contribution in [0.2, 0.25) is 0 Å². The van der Waals surface area contributed by atoms with Gasteiger partial charge >= 0.3 is 5.97 Å². The van der Waals surface area contributed by atoms with Crippen LogP contribution in [0.4, 0.5) is 0 Å². The van der Waals surface area contributed by atoms with E-state index < -0.39 is 5.97 Å². The van der Waals surface area contributed by atoms with Crippen molar-refractivity contribution in [2.75, 3.05) is 0 Å². The third-order valence-electron chi connectivity index (χ3n) is 3.74. The van der Waals surface area contributed by atoms with Crippen molar-refractivity contribution >= 4 is 12.0 Å². The van der Waals surface area contributed by atoms with Gasteiger partial charge in [-0.3, -0.25) is 0 Å². The van der Waals surface area contributed by atoms with Crippen molar-refractivity contribution in [3.8, 4) is 16.9 Å². The zero-order valence-electron chi connectivity index (χ0n) is 13.6. The standard InChI is InChI=1S/C22H18O3/c23-22(24)14-9-17-7-4-8-20(15-17)19-10-12-21(13-11-19)25-16-18-5-2-1-3-6-18/h1-15H,16H2,(H,23,24)/b14-9+. The monoisotopic (exact) mass is 330 g/mol. The van der Waals surface area contributed by atoms with Crippen molar-refractivity contribution in [1.82, 2.24) is 0 Å². The molecule has 1 N–H and O–H groups in total. The number of hydrogen-bond acceptors (Lipinski definition) is 2. The van der Waals surface area contributed by atoms with Crippen LogP contribution in [0.1, 0.15) is 11.1 Å². The molecule has 0 aliphatic rings. The maximum Gasteiger partial charge on any atom is 0.328 e. The molecule has 0 fully saturated rings. The first-order valence-corrected chi connectivity index (χ1v) is 7.99. The van der Waals surface area contributed by atoms with Gasteiger partial charge in [-0.25, -0.2) is 4.79 Å². The summed E-state index contributed by atoms with van der Waals surface area (Å²) in [6, 6.07) is 25.7. The lowest BCUT2D eigenvalue weighted by molar-refractivity contribution is -0.131. The van der Waals surface area contributed by atoms with Crippen LogP contribution >= 0.6 is 0 Å². The molecule has 0 heterocycles. The predicted octanol–water partition coefficient (Wildman–Crippen LogP) is 5.03. The van der Waals surface area contributed by atoms with Crippen LogP contribution in [0.15, 0.2) is 84.9 Å². The molecule has 0 aromatic heterocycles. The molecule has 3 rings (SSSR count). The second-order valence-corrected chi connectivity index (χ2v) is 5.60. The van der Waals surface area contributed by atoms with E-state index in [4.69, 9.17) is 9.84 Å². The van der Waals surface area contributed by atoms with Crippen molar-refractivity contribution in [2.24, 2.45) is 0 Å². The zero-order chi connectivity index (χ0) is 17.5. The van der Waals surface area contributed by atoms with Gasteiger partial charge in [-0.05, 0) is 46.5 Å². The Balaban J connectivity index is 1.70. The second-order valence-electron chi connectivity index (χ2n) is 5.60. The first-order valence-electron chi connectivity index (χ1n) is 7.99. The van der Waals surface area contributed by atoms with E-state index in [1.54, 1.807) is 6.08 Å². The average Bonchev–Trinajstić information content (AvgIpc) is 2.66. The Morgan fingerprint density at radius 1 is 0.880 bits per heavy atom. The third-order valence-corrected chi connectivity index (χ3v) is 3.74. The second kappa shape index (κ2) is 7.97. The quantitative estimate of drug-likeness (QED) is 0.645. The van der Waals surface area contributed by atoms with Gasteiger partial charge in [0.05, 0.1) is 0 Å². The molecule has 3 aromatic carbocycles. The number of carboxylic acid groups (broad SMARTS) is 1. The molecular formula is C22H18O3. The van der Waals surface area contributed by atoms with Crippen molar-refractivity contribution in [3.05, 3.63) is 96.1 Å². The lowest BCUT2D eigenvalue weighted by atomic mass is 10.0. The van der Waals surface area contributed by atoms with Gasteiger partial charge in [-0.2, -0.15) is 0 Å². The molecule has 0 spiro atoms.